The van der Waals surface area contributed by atoms with Crippen LogP contribution in [-0.4, -0.2) is 11.8 Å². The quantitative estimate of drug-likeness (QED) is 0.617. The summed E-state index contributed by atoms with van der Waals surface area (Å²) in [5.74, 6) is 0.167. The van der Waals surface area contributed by atoms with Crippen LogP contribution in [0.5, 0.6) is 0 Å². The molecule has 0 spiro atoms. The van der Waals surface area contributed by atoms with Gasteiger partial charge in [0.15, 0.2) is 5.76 Å². The van der Waals surface area contributed by atoms with Gasteiger partial charge in [-0.2, -0.15) is 0 Å². The molecule has 1 heterocycles. The Balaban J connectivity index is 2.78. The highest BCUT2D eigenvalue weighted by molar-refractivity contribution is 5.97. The van der Waals surface area contributed by atoms with Crippen molar-refractivity contribution in [2.24, 2.45) is 5.73 Å². The SMILES string of the molecule is C[C@@H](N)C(=O)c1ccco1. The second-order valence-corrected chi connectivity index (χ2v) is 2.13. The number of carbonyl (C=O) groups is 1. The van der Waals surface area contributed by atoms with Gasteiger partial charge in [-0.1, -0.05) is 0 Å². The summed E-state index contributed by atoms with van der Waals surface area (Å²) >= 11 is 0. The molecule has 0 saturated heterocycles. The molecule has 0 unspecified atom stereocenters. The van der Waals surface area contributed by atoms with Crippen molar-refractivity contribution in [2.45, 2.75) is 13.0 Å². The van der Waals surface area contributed by atoms with Crippen LogP contribution in [0.4, 0.5) is 0 Å². The molecule has 0 aliphatic heterocycles. The van der Waals surface area contributed by atoms with Crippen molar-refractivity contribution in [3.05, 3.63) is 24.2 Å². The van der Waals surface area contributed by atoms with E-state index in [0.717, 1.165) is 0 Å². The van der Waals surface area contributed by atoms with E-state index in [4.69, 9.17) is 10.2 Å². The van der Waals surface area contributed by atoms with Crippen LogP contribution in [0.25, 0.3) is 0 Å². The smallest absolute Gasteiger partial charge is 0.214 e. The molecule has 1 aromatic heterocycles. The number of ketones is 1. The highest BCUT2D eigenvalue weighted by Gasteiger charge is 2.12. The van der Waals surface area contributed by atoms with E-state index in [2.05, 4.69) is 0 Å². The number of furan rings is 1. The fraction of sp³-hybridized carbons (Fsp3) is 0.286. The van der Waals surface area contributed by atoms with Gasteiger partial charge >= 0.3 is 0 Å². The lowest BCUT2D eigenvalue weighted by atomic mass is 10.2. The minimum atomic E-state index is -0.480. The third kappa shape index (κ3) is 1.25. The lowest BCUT2D eigenvalue weighted by Gasteiger charge is -1.97. The summed E-state index contributed by atoms with van der Waals surface area (Å²) in [7, 11) is 0. The van der Waals surface area contributed by atoms with Gasteiger partial charge in [0, 0.05) is 0 Å². The first-order chi connectivity index (χ1) is 4.72. The third-order valence-corrected chi connectivity index (χ3v) is 1.18. The molecule has 0 radical (unpaired) electrons. The van der Waals surface area contributed by atoms with Gasteiger partial charge in [0.25, 0.3) is 0 Å². The predicted octanol–water partition coefficient (Wildman–Crippen LogP) is 0.810. The highest BCUT2D eigenvalue weighted by atomic mass is 16.3. The van der Waals surface area contributed by atoms with Crippen LogP contribution in [0.2, 0.25) is 0 Å². The first-order valence-electron chi connectivity index (χ1n) is 3.05. The van der Waals surface area contributed by atoms with E-state index in [1.54, 1.807) is 19.1 Å². The van der Waals surface area contributed by atoms with E-state index in [0.29, 0.717) is 5.76 Å². The van der Waals surface area contributed by atoms with Crippen molar-refractivity contribution in [3.8, 4) is 0 Å². The zero-order chi connectivity index (χ0) is 7.56. The number of carbonyl (C=O) groups excluding carboxylic acids is 1. The first-order valence-corrected chi connectivity index (χ1v) is 3.05. The molecular weight excluding hydrogens is 130 g/mol. The molecule has 1 atom stereocenters. The Labute approximate surface area is 58.8 Å². The fourth-order valence-corrected chi connectivity index (χ4v) is 0.643. The standard InChI is InChI=1S/C7H9NO2/c1-5(8)7(9)6-3-2-4-10-6/h2-5H,8H2,1H3/t5-/m1/s1. The number of hydrogen-bond donors (Lipinski definition) is 1. The predicted molar refractivity (Wildman–Crippen MR) is 36.7 cm³/mol. The molecule has 1 aromatic rings. The van der Waals surface area contributed by atoms with E-state index in [1.165, 1.54) is 6.26 Å². The lowest BCUT2D eigenvalue weighted by molar-refractivity contribution is 0.0941. The Morgan fingerprint density at radius 3 is 2.90 bits per heavy atom. The third-order valence-electron chi connectivity index (χ3n) is 1.18. The maximum atomic E-state index is 11.0. The normalized spacial score (nSPS) is 13.0. The maximum absolute atomic E-state index is 11.0. The molecule has 0 fully saturated rings. The largest absolute Gasteiger partial charge is 0.461 e. The molecule has 0 amide bonds. The van der Waals surface area contributed by atoms with Crippen molar-refractivity contribution in [2.75, 3.05) is 0 Å². The highest BCUT2D eigenvalue weighted by Crippen LogP contribution is 2.02. The average Bonchev–Trinajstić information content (AvgIpc) is 2.36. The molecule has 0 bridgehead atoms. The van der Waals surface area contributed by atoms with E-state index >= 15 is 0 Å². The van der Waals surface area contributed by atoms with Crippen molar-refractivity contribution in [3.63, 3.8) is 0 Å². The van der Waals surface area contributed by atoms with Crippen molar-refractivity contribution in [1.29, 1.82) is 0 Å². The monoisotopic (exact) mass is 139 g/mol. The fourth-order valence-electron chi connectivity index (χ4n) is 0.643. The van der Waals surface area contributed by atoms with E-state index < -0.39 is 6.04 Å². The zero-order valence-electron chi connectivity index (χ0n) is 5.70. The summed E-state index contributed by atoms with van der Waals surface area (Å²) in [5, 5.41) is 0. The van der Waals surface area contributed by atoms with Crippen LogP contribution in [0, 0.1) is 0 Å². The van der Waals surface area contributed by atoms with Crippen LogP contribution >= 0.6 is 0 Å². The van der Waals surface area contributed by atoms with Crippen LogP contribution in [0.1, 0.15) is 17.5 Å². The molecule has 0 saturated carbocycles. The number of rotatable bonds is 2. The van der Waals surface area contributed by atoms with Gasteiger partial charge in [0.2, 0.25) is 5.78 Å². The summed E-state index contributed by atoms with van der Waals surface area (Å²) in [6.07, 6.45) is 1.45. The van der Waals surface area contributed by atoms with Crippen molar-refractivity contribution in [1.82, 2.24) is 0 Å². The molecule has 3 heteroatoms. The molecule has 1 rings (SSSR count). The van der Waals surface area contributed by atoms with Gasteiger partial charge in [-0.25, -0.2) is 0 Å². The summed E-state index contributed by atoms with van der Waals surface area (Å²) in [6, 6.07) is 2.78. The van der Waals surface area contributed by atoms with Gasteiger partial charge < -0.3 is 10.2 Å². The van der Waals surface area contributed by atoms with Gasteiger partial charge in [0.1, 0.15) is 0 Å². The molecule has 3 nitrogen and oxygen atoms in total. The Morgan fingerprint density at radius 2 is 2.50 bits per heavy atom. The molecular formula is C7H9NO2. The molecule has 0 aliphatic carbocycles. The van der Waals surface area contributed by atoms with Crippen LogP contribution in [0.15, 0.2) is 22.8 Å². The maximum Gasteiger partial charge on any atom is 0.214 e. The summed E-state index contributed by atoms with van der Waals surface area (Å²) in [5.41, 5.74) is 5.32. The van der Waals surface area contributed by atoms with Gasteiger partial charge in [-0.3, -0.25) is 4.79 Å². The minimum absolute atomic E-state index is 0.162. The van der Waals surface area contributed by atoms with Gasteiger partial charge in [0.05, 0.1) is 12.3 Å². The number of Topliss-reactive ketones (excluding diaryl/α,β-unsaturated/α-hetero) is 1. The minimum Gasteiger partial charge on any atom is -0.461 e. The summed E-state index contributed by atoms with van der Waals surface area (Å²) in [4.78, 5) is 11.0. The molecule has 54 valence electrons. The topological polar surface area (TPSA) is 56.2 Å². The van der Waals surface area contributed by atoms with E-state index in [-0.39, 0.29) is 5.78 Å². The Bertz CT molecular complexity index is 214. The van der Waals surface area contributed by atoms with Crippen LogP contribution in [0.3, 0.4) is 0 Å². The molecule has 10 heavy (non-hydrogen) atoms. The Hall–Kier alpha value is -1.09. The first kappa shape index (κ1) is 7.02. The molecule has 2 N–H and O–H groups in total. The van der Waals surface area contributed by atoms with Crippen LogP contribution in [-0.2, 0) is 0 Å². The van der Waals surface area contributed by atoms with Gasteiger partial charge in [-0.05, 0) is 19.1 Å². The number of nitrogens with two attached hydrogens (primary N) is 1. The van der Waals surface area contributed by atoms with E-state index in [9.17, 15) is 4.79 Å². The Morgan fingerprint density at radius 1 is 1.80 bits per heavy atom. The second kappa shape index (κ2) is 2.66. The summed E-state index contributed by atoms with van der Waals surface area (Å²) in [6.45, 7) is 1.63. The van der Waals surface area contributed by atoms with Crippen molar-refractivity contribution >= 4 is 5.78 Å². The van der Waals surface area contributed by atoms with Crippen LogP contribution < -0.4 is 5.73 Å². The average molecular weight is 139 g/mol. The lowest BCUT2D eigenvalue weighted by Crippen LogP contribution is -2.26. The second-order valence-electron chi connectivity index (χ2n) is 2.13. The van der Waals surface area contributed by atoms with E-state index in [1.807, 2.05) is 0 Å². The Kier molecular flexibility index (Phi) is 1.87. The van der Waals surface area contributed by atoms with Crippen molar-refractivity contribution < 1.29 is 9.21 Å². The van der Waals surface area contributed by atoms with Gasteiger partial charge in [-0.15, -0.1) is 0 Å². The summed E-state index contributed by atoms with van der Waals surface area (Å²) < 4.78 is 4.83. The zero-order valence-corrected chi connectivity index (χ0v) is 5.70. The number of hydrogen-bond acceptors (Lipinski definition) is 3. The molecule has 0 aromatic carbocycles. The molecule has 0 aliphatic rings.